The average Bonchev–Trinajstić information content (AvgIpc) is 2.53. The summed E-state index contributed by atoms with van der Waals surface area (Å²) >= 11 is 0. The lowest BCUT2D eigenvalue weighted by atomic mass is 9.57. The minimum atomic E-state index is -1.45. The second-order valence-electron chi connectivity index (χ2n) is 6.42. The van der Waals surface area contributed by atoms with Crippen LogP contribution in [0, 0.1) is 17.3 Å². The second kappa shape index (κ2) is 3.57. The van der Waals surface area contributed by atoms with E-state index in [0.717, 1.165) is 0 Å². The molecule has 1 saturated heterocycles. The first-order chi connectivity index (χ1) is 8.75. The first-order valence-electron chi connectivity index (χ1n) is 6.61. The van der Waals surface area contributed by atoms with Gasteiger partial charge >= 0.3 is 5.97 Å². The zero-order valence-corrected chi connectivity index (χ0v) is 11.2. The summed E-state index contributed by atoms with van der Waals surface area (Å²) in [7, 11) is 0. The van der Waals surface area contributed by atoms with E-state index in [1.165, 1.54) is 6.92 Å². The predicted molar refractivity (Wildman–Crippen MR) is 68.1 cm³/mol. The van der Waals surface area contributed by atoms with Crippen molar-refractivity contribution in [2.75, 3.05) is 0 Å². The molecule has 4 nitrogen and oxygen atoms in total. The normalized spacial score (nSPS) is 48.8. The number of carbonyl (C=O) groups is 2. The maximum absolute atomic E-state index is 11.8. The number of aliphatic hydroxyl groups is 1. The molecular formula is C15H18O4. The molecule has 3 aliphatic rings. The van der Waals surface area contributed by atoms with E-state index in [0.29, 0.717) is 18.4 Å². The summed E-state index contributed by atoms with van der Waals surface area (Å²) in [5.74, 6) is -0.877. The molecule has 1 saturated carbocycles. The largest absolute Gasteiger partial charge is 0.460 e. The molecule has 4 heteroatoms. The van der Waals surface area contributed by atoms with Gasteiger partial charge in [-0.15, -0.1) is 0 Å². The lowest BCUT2D eigenvalue weighted by molar-refractivity contribution is -0.154. The lowest BCUT2D eigenvalue weighted by Gasteiger charge is -2.47. The van der Waals surface area contributed by atoms with Crippen LogP contribution >= 0.6 is 0 Å². The van der Waals surface area contributed by atoms with E-state index < -0.39 is 11.6 Å². The molecule has 0 unspecified atom stereocenters. The van der Waals surface area contributed by atoms with Crippen LogP contribution in [0.3, 0.4) is 0 Å². The number of ketones is 1. The lowest BCUT2D eigenvalue weighted by Crippen LogP contribution is -2.48. The summed E-state index contributed by atoms with van der Waals surface area (Å²) in [5.41, 5.74) is -1.08. The highest BCUT2D eigenvalue weighted by Gasteiger charge is 2.60. The van der Waals surface area contributed by atoms with Crippen LogP contribution in [0.2, 0.25) is 0 Å². The minimum Gasteiger partial charge on any atom is -0.460 e. The Hall–Kier alpha value is -1.42. The first-order valence-corrected chi connectivity index (χ1v) is 6.61. The Labute approximate surface area is 112 Å². The standard InChI is InChI=1S/C15H18O4/c1-8-9-6-10-12(19-13(17)15(10,3)18)7-14(9,2)5-4-11(8)16/h4-5,9-10,12,18H,1,6-7H2,2-3H3/t9-,10-,12+,14+,15-/m0/s1. The van der Waals surface area contributed by atoms with Gasteiger partial charge in [-0.05, 0) is 42.7 Å². The van der Waals surface area contributed by atoms with Gasteiger partial charge in [0, 0.05) is 5.92 Å². The SMILES string of the molecule is C=C1C(=O)C=C[C@]2(C)C[C@H]3OC(=O)[C@@](C)(O)[C@H]3C[C@@H]12. The van der Waals surface area contributed by atoms with Crippen molar-refractivity contribution in [3.8, 4) is 0 Å². The van der Waals surface area contributed by atoms with E-state index in [1.807, 2.05) is 6.08 Å². The third-order valence-corrected chi connectivity index (χ3v) is 5.12. The number of carbonyl (C=O) groups excluding carboxylic acids is 2. The molecule has 0 radical (unpaired) electrons. The topological polar surface area (TPSA) is 63.6 Å². The Morgan fingerprint density at radius 2 is 2.11 bits per heavy atom. The van der Waals surface area contributed by atoms with Crippen molar-refractivity contribution in [1.29, 1.82) is 0 Å². The first kappa shape index (κ1) is 12.6. The van der Waals surface area contributed by atoms with Crippen LogP contribution in [0.4, 0.5) is 0 Å². The van der Waals surface area contributed by atoms with Gasteiger partial charge in [-0.1, -0.05) is 19.6 Å². The van der Waals surface area contributed by atoms with Crippen LogP contribution in [-0.2, 0) is 14.3 Å². The van der Waals surface area contributed by atoms with Gasteiger partial charge in [0.1, 0.15) is 6.10 Å². The number of fused-ring (bicyclic) bond motifs is 2. The highest BCUT2D eigenvalue weighted by Crippen LogP contribution is 2.54. The van der Waals surface area contributed by atoms with E-state index in [1.54, 1.807) is 6.08 Å². The summed E-state index contributed by atoms with van der Waals surface area (Å²) in [6, 6.07) is 0. The third kappa shape index (κ3) is 1.56. The van der Waals surface area contributed by atoms with Crippen molar-refractivity contribution in [3.63, 3.8) is 0 Å². The molecule has 0 amide bonds. The van der Waals surface area contributed by atoms with Crippen LogP contribution in [-0.4, -0.2) is 28.6 Å². The van der Waals surface area contributed by atoms with Crippen LogP contribution in [0.15, 0.2) is 24.3 Å². The molecule has 1 heterocycles. The Morgan fingerprint density at radius 3 is 2.79 bits per heavy atom. The zero-order chi connectivity index (χ0) is 14.0. The van der Waals surface area contributed by atoms with Crippen molar-refractivity contribution >= 4 is 11.8 Å². The maximum atomic E-state index is 11.8. The molecule has 1 aliphatic heterocycles. The van der Waals surface area contributed by atoms with Gasteiger partial charge in [-0.25, -0.2) is 4.79 Å². The van der Waals surface area contributed by atoms with Gasteiger partial charge in [-0.3, -0.25) is 4.79 Å². The molecule has 0 bridgehead atoms. The molecule has 2 aliphatic carbocycles. The van der Waals surface area contributed by atoms with Gasteiger partial charge in [0.25, 0.3) is 0 Å². The van der Waals surface area contributed by atoms with Crippen LogP contribution in [0.1, 0.15) is 26.7 Å². The van der Waals surface area contributed by atoms with Gasteiger partial charge in [0.05, 0.1) is 0 Å². The van der Waals surface area contributed by atoms with Crippen LogP contribution in [0.25, 0.3) is 0 Å². The van der Waals surface area contributed by atoms with E-state index in [2.05, 4.69) is 13.5 Å². The summed E-state index contributed by atoms with van der Waals surface area (Å²) in [6.07, 6.45) is 4.40. The predicted octanol–water partition coefficient (Wildman–Crippen LogP) is 1.39. The Bertz CT molecular complexity index is 516. The zero-order valence-electron chi connectivity index (χ0n) is 11.2. The molecule has 0 spiro atoms. The smallest absolute Gasteiger partial charge is 0.338 e. The number of hydrogen-bond acceptors (Lipinski definition) is 4. The third-order valence-electron chi connectivity index (χ3n) is 5.12. The molecule has 19 heavy (non-hydrogen) atoms. The van der Waals surface area contributed by atoms with Crippen LogP contribution in [0.5, 0.6) is 0 Å². The van der Waals surface area contributed by atoms with E-state index in [-0.39, 0.29) is 29.1 Å². The Morgan fingerprint density at radius 1 is 1.42 bits per heavy atom. The fourth-order valence-electron chi connectivity index (χ4n) is 3.79. The van der Waals surface area contributed by atoms with Crippen molar-refractivity contribution < 1.29 is 19.4 Å². The maximum Gasteiger partial charge on any atom is 0.338 e. The van der Waals surface area contributed by atoms with E-state index in [4.69, 9.17) is 4.74 Å². The minimum absolute atomic E-state index is 0.0211. The van der Waals surface area contributed by atoms with Crippen molar-refractivity contribution in [2.45, 2.75) is 38.4 Å². The summed E-state index contributed by atoms with van der Waals surface area (Å²) in [5, 5.41) is 10.3. The molecule has 0 aromatic carbocycles. The second-order valence-corrected chi connectivity index (χ2v) is 6.42. The summed E-state index contributed by atoms with van der Waals surface area (Å²) < 4.78 is 5.32. The molecule has 5 atom stereocenters. The number of ether oxygens (including phenoxy) is 1. The summed E-state index contributed by atoms with van der Waals surface area (Å²) in [6.45, 7) is 7.46. The number of allylic oxidation sites excluding steroid dienone is 3. The van der Waals surface area contributed by atoms with Gasteiger partial charge in [0.2, 0.25) is 0 Å². The van der Waals surface area contributed by atoms with Crippen molar-refractivity contribution in [3.05, 3.63) is 24.3 Å². The van der Waals surface area contributed by atoms with Crippen molar-refractivity contribution in [2.24, 2.45) is 17.3 Å². The van der Waals surface area contributed by atoms with Crippen molar-refractivity contribution in [1.82, 2.24) is 0 Å². The fraction of sp³-hybridized carbons (Fsp3) is 0.600. The molecule has 0 aromatic rings. The molecule has 102 valence electrons. The quantitative estimate of drug-likeness (QED) is 0.529. The van der Waals surface area contributed by atoms with E-state index >= 15 is 0 Å². The van der Waals surface area contributed by atoms with Crippen LogP contribution < -0.4 is 0 Å². The molecular weight excluding hydrogens is 244 g/mol. The van der Waals surface area contributed by atoms with Gasteiger partial charge < -0.3 is 9.84 Å². The fourth-order valence-corrected chi connectivity index (χ4v) is 3.79. The Balaban J connectivity index is 1.99. The molecule has 1 N–H and O–H groups in total. The highest BCUT2D eigenvalue weighted by molar-refractivity contribution is 6.05. The number of rotatable bonds is 0. The summed E-state index contributed by atoms with van der Waals surface area (Å²) in [4.78, 5) is 23.5. The Kier molecular flexibility index (Phi) is 2.37. The average molecular weight is 262 g/mol. The highest BCUT2D eigenvalue weighted by atomic mass is 16.6. The monoisotopic (exact) mass is 262 g/mol. The van der Waals surface area contributed by atoms with Gasteiger partial charge in [0.15, 0.2) is 11.4 Å². The van der Waals surface area contributed by atoms with Gasteiger partial charge in [-0.2, -0.15) is 0 Å². The molecule has 3 rings (SSSR count). The molecule has 2 fully saturated rings. The number of hydrogen-bond donors (Lipinski definition) is 1. The number of esters is 1. The molecule has 0 aromatic heterocycles. The van der Waals surface area contributed by atoms with E-state index in [9.17, 15) is 14.7 Å².